The minimum absolute atomic E-state index is 0.0898. The molecule has 4 N–H and O–H groups in total. The lowest BCUT2D eigenvalue weighted by Gasteiger charge is -2.16. The van der Waals surface area contributed by atoms with E-state index >= 15 is 0 Å². The van der Waals surface area contributed by atoms with Crippen LogP contribution in [-0.4, -0.2) is 50.1 Å². The van der Waals surface area contributed by atoms with Gasteiger partial charge in [0.1, 0.15) is 23.1 Å². The van der Waals surface area contributed by atoms with Crippen LogP contribution in [0.2, 0.25) is 5.02 Å². The summed E-state index contributed by atoms with van der Waals surface area (Å²) in [6.45, 7) is 2.00. The van der Waals surface area contributed by atoms with Crippen LogP contribution in [-0.2, 0) is 10.0 Å². The molecule has 0 bridgehead atoms. The Hall–Kier alpha value is -3.28. The van der Waals surface area contributed by atoms with Crippen LogP contribution in [0.3, 0.4) is 0 Å². The standard InChI is InChI=1S/C21H24ClN5O5S/c1-13-4-5-15(32-9-8-28)11-18(13)25-21-23-12-16(22)20(26-21)24-17-7-6-14(31-2)10-19(17)27-33(3,29)30/h4-7,10-12,27-28H,8-9H2,1-3H3,(H2,23,24,25,26). The van der Waals surface area contributed by atoms with Gasteiger partial charge in [0.25, 0.3) is 0 Å². The molecule has 1 heterocycles. The number of halogens is 1. The molecule has 0 amide bonds. The van der Waals surface area contributed by atoms with Crippen molar-refractivity contribution in [3.63, 3.8) is 0 Å². The van der Waals surface area contributed by atoms with E-state index in [1.165, 1.54) is 13.3 Å². The molecule has 0 radical (unpaired) electrons. The zero-order valence-corrected chi connectivity index (χ0v) is 19.8. The second-order valence-electron chi connectivity index (χ2n) is 6.97. The number of hydrogen-bond acceptors (Lipinski definition) is 9. The summed E-state index contributed by atoms with van der Waals surface area (Å²) in [5, 5.41) is 15.3. The molecule has 0 aliphatic heterocycles. The van der Waals surface area contributed by atoms with Crippen LogP contribution in [0.15, 0.2) is 42.6 Å². The van der Waals surface area contributed by atoms with Gasteiger partial charge in [0.15, 0.2) is 5.82 Å². The number of methoxy groups -OCH3 is 1. The Kier molecular flexibility index (Phi) is 7.79. The van der Waals surface area contributed by atoms with Crippen molar-refractivity contribution in [2.24, 2.45) is 0 Å². The van der Waals surface area contributed by atoms with Gasteiger partial charge in [0.2, 0.25) is 16.0 Å². The van der Waals surface area contributed by atoms with E-state index in [9.17, 15) is 8.42 Å². The smallest absolute Gasteiger partial charge is 0.229 e. The number of aliphatic hydroxyl groups excluding tert-OH is 1. The van der Waals surface area contributed by atoms with E-state index in [0.717, 1.165) is 11.8 Å². The number of sulfonamides is 1. The molecule has 0 fully saturated rings. The first kappa shape index (κ1) is 24.4. The average Bonchev–Trinajstić information content (AvgIpc) is 2.76. The minimum Gasteiger partial charge on any atom is -0.497 e. The fourth-order valence-corrected chi connectivity index (χ4v) is 3.50. The Bertz CT molecular complexity index is 1240. The van der Waals surface area contributed by atoms with Crippen LogP contribution in [0.25, 0.3) is 0 Å². The number of rotatable bonds is 10. The van der Waals surface area contributed by atoms with Crippen molar-refractivity contribution in [2.75, 3.05) is 41.9 Å². The molecule has 2 aromatic carbocycles. The second kappa shape index (κ2) is 10.6. The molecule has 33 heavy (non-hydrogen) atoms. The van der Waals surface area contributed by atoms with E-state index < -0.39 is 10.0 Å². The van der Waals surface area contributed by atoms with E-state index in [-0.39, 0.29) is 35.7 Å². The van der Waals surface area contributed by atoms with Gasteiger partial charge < -0.3 is 25.2 Å². The predicted molar refractivity (Wildman–Crippen MR) is 129 cm³/mol. The van der Waals surface area contributed by atoms with Gasteiger partial charge >= 0.3 is 0 Å². The Balaban J connectivity index is 1.89. The zero-order valence-electron chi connectivity index (χ0n) is 18.2. The quantitative estimate of drug-likeness (QED) is 0.333. The first-order valence-electron chi connectivity index (χ1n) is 9.75. The fourth-order valence-electron chi connectivity index (χ4n) is 2.80. The largest absolute Gasteiger partial charge is 0.497 e. The lowest BCUT2D eigenvalue weighted by molar-refractivity contribution is 0.201. The minimum atomic E-state index is -3.54. The summed E-state index contributed by atoms with van der Waals surface area (Å²) in [6.07, 6.45) is 2.48. The summed E-state index contributed by atoms with van der Waals surface area (Å²) in [6, 6.07) is 10.3. The Morgan fingerprint density at radius 2 is 1.79 bits per heavy atom. The summed E-state index contributed by atoms with van der Waals surface area (Å²) >= 11 is 6.28. The molecule has 0 unspecified atom stereocenters. The third-order valence-electron chi connectivity index (χ3n) is 4.33. The first-order chi connectivity index (χ1) is 15.7. The number of hydrogen-bond donors (Lipinski definition) is 4. The molecule has 3 aromatic rings. The molecule has 12 heteroatoms. The Morgan fingerprint density at radius 3 is 2.48 bits per heavy atom. The predicted octanol–water partition coefficient (Wildman–Crippen LogP) is 3.68. The molecule has 0 aliphatic carbocycles. The number of benzene rings is 2. The van der Waals surface area contributed by atoms with E-state index in [4.69, 9.17) is 26.2 Å². The molecule has 10 nitrogen and oxygen atoms in total. The normalized spacial score (nSPS) is 11.1. The van der Waals surface area contributed by atoms with Gasteiger partial charge in [-0.3, -0.25) is 4.72 Å². The van der Waals surface area contributed by atoms with Gasteiger partial charge in [0, 0.05) is 17.8 Å². The molecule has 176 valence electrons. The van der Waals surface area contributed by atoms with Crippen LogP contribution in [0.4, 0.5) is 28.8 Å². The Morgan fingerprint density at radius 1 is 1.06 bits per heavy atom. The molecule has 0 atom stereocenters. The fraction of sp³-hybridized carbons (Fsp3) is 0.238. The molecule has 0 saturated heterocycles. The highest BCUT2D eigenvalue weighted by Crippen LogP contribution is 2.33. The number of ether oxygens (including phenoxy) is 2. The number of nitrogens with one attached hydrogen (secondary N) is 3. The van der Waals surface area contributed by atoms with Crippen molar-refractivity contribution >= 4 is 50.5 Å². The van der Waals surface area contributed by atoms with Crippen molar-refractivity contribution in [3.8, 4) is 11.5 Å². The molecular formula is C21H24ClN5O5S. The van der Waals surface area contributed by atoms with Gasteiger partial charge in [-0.1, -0.05) is 17.7 Å². The van der Waals surface area contributed by atoms with Crippen molar-refractivity contribution in [3.05, 3.63) is 53.2 Å². The van der Waals surface area contributed by atoms with Gasteiger partial charge in [-0.25, -0.2) is 13.4 Å². The maximum Gasteiger partial charge on any atom is 0.229 e. The van der Waals surface area contributed by atoms with Gasteiger partial charge in [-0.2, -0.15) is 4.98 Å². The van der Waals surface area contributed by atoms with Crippen molar-refractivity contribution < 1.29 is 23.0 Å². The molecular weight excluding hydrogens is 470 g/mol. The van der Waals surface area contributed by atoms with Crippen LogP contribution in [0.1, 0.15) is 5.56 Å². The molecule has 0 spiro atoms. The topological polar surface area (TPSA) is 135 Å². The van der Waals surface area contributed by atoms with Gasteiger partial charge in [-0.05, 0) is 30.7 Å². The summed E-state index contributed by atoms with van der Waals surface area (Å²) < 4.78 is 36.7. The van der Waals surface area contributed by atoms with Crippen LogP contribution in [0, 0.1) is 6.92 Å². The third-order valence-corrected chi connectivity index (χ3v) is 5.20. The van der Waals surface area contributed by atoms with E-state index in [2.05, 4.69) is 25.3 Å². The number of aryl methyl sites for hydroxylation is 1. The summed E-state index contributed by atoms with van der Waals surface area (Å²) in [5.74, 6) is 1.58. The molecule has 1 aromatic heterocycles. The SMILES string of the molecule is COc1ccc(Nc2nc(Nc3cc(OCCO)ccc3C)ncc2Cl)c(NS(C)(=O)=O)c1. The van der Waals surface area contributed by atoms with Crippen LogP contribution in [0.5, 0.6) is 11.5 Å². The maximum absolute atomic E-state index is 11.8. The third kappa shape index (κ3) is 6.85. The van der Waals surface area contributed by atoms with Gasteiger partial charge in [0.05, 0.1) is 37.5 Å². The first-order valence-corrected chi connectivity index (χ1v) is 12.0. The van der Waals surface area contributed by atoms with Crippen molar-refractivity contribution in [1.29, 1.82) is 0 Å². The summed E-state index contributed by atoms with van der Waals surface area (Å²) in [5.41, 5.74) is 2.32. The molecule has 0 aliphatic rings. The van der Waals surface area contributed by atoms with Crippen LogP contribution >= 0.6 is 11.6 Å². The Labute approximate surface area is 197 Å². The van der Waals surface area contributed by atoms with E-state index in [1.54, 1.807) is 30.3 Å². The van der Waals surface area contributed by atoms with Crippen molar-refractivity contribution in [2.45, 2.75) is 6.92 Å². The second-order valence-corrected chi connectivity index (χ2v) is 9.13. The maximum atomic E-state index is 11.8. The zero-order chi connectivity index (χ0) is 24.0. The lowest BCUT2D eigenvalue weighted by Crippen LogP contribution is -2.11. The van der Waals surface area contributed by atoms with E-state index in [1.807, 2.05) is 13.0 Å². The summed E-state index contributed by atoms with van der Waals surface area (Å²) in [4.78, 5) is 8.63. The molecule has 0 saturated carbocycles. The van der Waals surface area contributed by atoms with E-state index in [0.29, 0.717) is 22.9 Å². The highest BCUT2D eigenvalue weighted by Gasteiger charge is 2.13. The summed E-state index contributed by atoms with van der Waals surface area (Å²) in [7, 11) is -2.06. The number of anilines is 5. The average molecular weight is 494 g/mol. The monoisotopic (exact) mass is 493 g/mol. The van der Waals surface area contributed by atoms with Crippen LogP contribution < -0.4 is 24.8 Å². The van der Waals surface area contributed by atoms with Gasteiger partial charge in [-0.15, -0.1) is 0 Å². The number of aromatic nitrogens is 2. The highest BCUT2D eigenvalue weighted by atomic mass is 35.5. The van der Waals surface area contributed by atoms with Crippen molar-refractivity contribution in [1.82, 2.24) is 9.97 Å². The highest BCUT2D eigenvalue weighted by molar-refractivity contribution is 7.92. The molecule has 3 rings (SSSR count). The lowest BCUT2D eigenvalue weighted by atomic mass is 10.2. The number of aliphatic hydroxyl groups is 1. The number of nitrogens with zero attached hydrogens (tertiary/aromatic N) is 2.